The highest BCUT2D eigenvalue weighted by molar-refractivity contribution is 5.65. The van der Waals surface area contributed by atoms with Crippen molar-refractivity contribution in [1.29, 1.82) is 0 Å². The minimum Gasteiger partial charge on any atom is -0.465 e. The summed E-state index contributed by atoms with van der Waals surface area (Å²) >= 11 is 0. The number of anilines is 1. The van der Waals surface area contributed by atoms with Crippen molar-refractivity contribution in [2.24, 2.45) is 11.8 Å². The molecule has 1 aliphatic carbocycles. The molecule has 1 aliphatic heterocycles. The third kappa shape index (κ3) is 3.23. The van der Waals surface area contributed by atoms with Crippen LogP contribution >= 0.6 is 0 Å². The molecule has 1 aromatic heterocycles. The number of carboxylic acid groups (broad SMARTS) is 1. The number of carbonyl (C=O) groups is 1. The summed E-state index contributed by atoms with van der Waals surface area (Å²) in [5, 5.41) is 19.6. The van der Waals surface area contributed by atoms with E-state index in [0.29, 0.717) is 19.0 Å². The second kappa shape index (κ2) is 6.92. The van der Waals surface area contributed by atoms with E-state index >= 15 is 0 Å². The van der Waals surface area contributed by atoms with Crippen molar-refractivity contribution in [3.05, 3.63) is 41.7 Å². The fraction of sp³-hybridized carbons (Fsp3) is 0.389. The lowest BCUT2D eigenvalue weighted by atomic mass is 10.0. The molecular formula is C18H16F4N4O2. The number of hydrogen-bond donors (Lipinski definition) is 2. The smallest absolute Gasteiger partial charge is 0.407 e. The predicted octanol–water partition coefficient (Wildman–Crippen LogP) is 3.31. The summed E-state index contributed by atoms with van der Waals surface area (Å²) in [5.41, 5.74) is -0.414. The molecule has 0 spiro atoms. The van der Waals surface area contributed by atoms with Gasteiger partial charge in [0.1, 0.15) is 17.8 Å². The summed E-state index contributed by atoms with van der Waals surface area (Å²) in [6.45, 7) is 0.460. The number of benzene rings is 1. The van der Waals surface area contributed by atoms with Gasteiger partial charge < -0.3 is 15.3 Å². The molecular weight excluding hydrogens is 380 g/mol. The van der Waals surface area contributed by atoms with Gasteiger partial charge in [-0.05, 0) is 30.5 Å². The molecule has 1 amide bonds. The number of halogens is 4. The fourth-order valence-corrected chi connectivity index (χ4v) is 4.04. The van der Waals surface area contributed by atoms with Gasteiger partial charge in [0.05, 0.1) is 11.7 Å². The lowest BCUT2D eigenvalue weighted by molar-refractivity contribution is 0.147. The number of fused-ring (bicyclic) bond motifs is 1. The van der Waals surface area contributed by atoms with Crippen LogP contribution in [0.2, 0.25) is 0 Å². The molecule has 4 rings (SSSR count). The Labute approximate surface area is 157 Å². The highest BCUT2D eigenvalue weighted by Crippen LogP contribution is 2.41. The maximum absolute atomic E-state index is 14.7. The van der Waals surface area contributed by atoms with Crippen molar-refractivity contribution in [1.82, 2.24) is 15.1 Å². The van der Waals surface area contributed by atoms with Crippen molar-refractivity contribution in [3.63, 3.8) is 0 Å². The topological polar surface area (TPSA) is 78.4 Å². The van der Waals surface area contributed by atoms with E-state index in [1.54, 1.807) is 0 Å². The maximum Gasteiger partial charge on any atom is 0.407 e. The number of nitrogens with zero attached hydrogens (tertiary/aromatic N) is 3. The van der Waals surface area contributed by atoms with Crippen molar-refractivity contribution >= 4 is 11.9 Å². The molecule has 6 nitrogen and oxygen atoms in total. The van der Waals surface area contributed by atoms with Gasteiger partial charge in [-0.2, -0.15) is 0 Å². The Morgan fingerprint density at radius 2 is 1.96 bits per heavy atom. The Morgan fingerprint density at radius 3 is 2.61 bits per heavy atom. The lowest BCUT2D eigenvalue weighted by Crippen LogP contribution is -2.34. The van der Waals surface area contributed by atoms with Gasteiger partial charge in [-0.1, -0.05) is 0 Å². The van der Waals surface area contributed by atoms with Gasteiger partial charge in [0, 0.05) is 30.6 Å². The van der Waals surface area contributed by atoms with E-state index < -0.39 is 35.8 Å². The van der Waals surface area contributed by atoms with Gasteiger partial charge in [0.2, 0.25) is 0 Å². The average molecular weight is 396 g/mol. The zero-order valence-electron chi connectivity index (χ0n) is 14.4. The second-order valence-corrected chi connectivity index (χ2v) is 7.10. The van der Waals surface area contributed by atoms with Crippen LogP contribution in [0.15, 0.2) is 24.3 Å². The van der Waals surface area contributed by atoms with E-state index in [1.165, 1.54) is 17.0 Å². The first-order valence-electron chi connectivity index (χ1n) is 8.70. The van der Waals surface area contributed by atoms with Crippen LogP contribution < -0.4 is 5.32 Å². The third-order valence-corrected chi connectivity index (χ3v) is 5.38. The molecule has 2 heterocycles. The molecule has 0 bridgehead atoms. The number of nitrogens with one attached hydrogen (secondary N) is 1. The number of rotatable bonds is 3. The van der Waals surface area contributed by atoms with Crippen LogP contribution in [0.25, 0.3) is 11.3 Å². The molecule has 10 heteroatoms. The number of aromatic nitrogens is 2. The Balaban J connectivity index is 1.46. The first-order valence-corrected chi connectivity index (χ1v) is 8.70. The van der Waals surface area contributed by atoms with Crippen molar-refractivity contribution in [2.75, 3.05) is 18.4 Å². The number of amides is 1. The van der Waals surface area contributed by atoms with Gasteiger partial charge in [-0.15, -0.1) is 10.2 Å². The first kappa shape index (κ1) is 18.5. The molecule has 1 aromatic carbocycles. The quantitative estimate of drug-likeness (QED) is 0.615. The van der Waals surface area contributed by atoms with E-state index in [1.807, 2.05) is 0 Å². The SMILES string of the molecule is O=C(O)N1C[C@@H]2C[C@@H](Nc3ccc(-c4cc(F)cc(F)c4F)nn3)[C@@H](F)[C@@H]2C1. The van der Waals surface area contributed by atoms with Gasteiger partial charge in [0.15, 0.2) is 11.6 Å². The summed E-state index contributed by atoms with van der Waals surface area (Å²) in [5.74, 6) is -3.70. The highest BCUT2D eigenvalue weighted by Gasteiger charge is 2.49. The van der Waals surface area contributed by atoms with E-state index in [2.05, 4.69) is 15.5 Å². The summed E-state index contributed by atoms with van der Waals surface area (Å²) in [7, 11) is 0. The summed E-state index contributed by atoms with van der Waals surface area (Å²) in [6, 6.07) is 3.47. The molecule has 28 heavy (non-hydrogen) atoms. The van der Waals surface area contributed by atoms with Crippen LogP contribution in [0.1, 0.15) is 6.42 Å². The zero-order valence-corrected chi connectivity index (χ0v) is 14.4. The molecule has 1 saturated heterocycles. The van der Waals surface area contributed by atoms with E-state index in [0.717, 1.165) is 6.07 Å². The molecule has 2 fully saturated rings. The van der Waals surface area contributed by atoms with E-state index in [-0.39, 0.29) is 35.5 Å². The highest BCUT2D eigenvalue weighted by atomic mass is 19.2. The molecule has 1 saturated carbocycles. The fourth-order valence-electron chi connectivity index (χ4n) is 4.04. The molecule has 148 valence electrons. The third-order valence-electron chi connectivity index (χ3n) is 5.38. The van der Waals surface area contributed by atoms with Crippen molar-refractivity contribution < 1.29 is 27.5 Å². The molecule has 2 aromatic rings. The monoisotopic (exact) mass is 396 g/mol. The van der Waals surface area contributed by atoms with Crippen LogP contribution in [0.5, 0.6) is 0 Å². The molecule has 0 unspecified atom stereocenters. The van der Waals surface area contributed by atoms with Crippen LogP contribution in [0, 0.1) is 29.3 Å². The first-order chi connectivity index (χ1) is 13.3. The van der Waals surface area contributed by atoms with Gasteiger partial charge in [-0.25, -0.2) is 22.4 Å². The van der Waals surface area contributed by atoms with Crippen LogP contribution in [0.4, 0.5) is 28.2 Å². The minimum atomic E-state index is -1.33. The number of hydrogen-bond acceptors (Lipinski definition) is 4. The summed E-state index contributed by atoms with van der Waals surface area (Å²) < 4.78 is 55.2. The molecule has 2 N–H and O–H groups in total. The standard InChI is InChI=1S/C18H16F4N4O2/c19-9-4-10(16(21)12(20)5-9)13-1-2-15(25-24-13)23-14-3-8-6-26(18(27)28)7-11(8)17(14)22/h1-2,4-5,8,11,14,17H,3,6-7H2,(H,23,25)(H,27,28)/t8-,11+,14+,17-/m0/s1. The minimum absolute atomic E-state index is 0.0568. The van der Waals surface area contributed by atoms with Gasteiger partial charge in [-0.3, -0.25) is 0 Å². The van der Waals surface area contributed by atoms with E-state index in [4.69, 9.17) is 5.11 Å². The molecule has 4 atom stereocenters. The average Bonchev–Trinajstić information content (AvgIpc) is 3.19. The number of likely N-dealkylation sites (tertiary alicyclic amines) is 1. The normalized spacial score (nSPS) is 26.4. The largest absolute Gasteiger partial charge is 0.465 e. The predicted molar refractivity (Wildman–Crippen MR) is 90.8 cm³/mol. The van der Waals surface area contributed by atoms with Crippen molar-refractivity contribution in [3.8, 4) is 11.3 Å². The Kier molecular flexibility index (Phi) is 4.56. The second-order valence-electron chi connectivity index (χ2n) is 7.10. The summed E-state index contributed by atoms with van der Waals surface area (Å²) in [4.78, 5) is 12.2. The Morgan fingerprint density at radius 1 is 1.18 bits per heavy atom. The lowest BCUT2D eigenvalue weighted by Gasteiger charge is -2.20. The van der Waals surface area contributed by atoms with Crippen LogP contribution in [0.3, 0.4) is 0 Å². The van der Waals surface area contributed by atoms with Crippen LogP contribution in [-0.2, 0) is 0 Å². The number of alkyl halides is 1. The zero-order chi connectivity index (χ0) is 20.0. The van der Waals surface area contributed by atoms with E-state index in [9.17, 15) is 22.4 Å². The van der Waals surface area contributed by atoms with Gasteiger partial charge >= 0.3 is 6.09 Å². The maximum atomic E-state index is 14.7. The summed E-state index contributed by atoms with van der Waals surface area (Å²) in [6.07, 6.45) is -1.85. The molecule has 0 radical (unpaired) electrons. The Hall–Kier alpha value is -2.91. The Bertz CT molecular complexity index is 911. The van der Waals surface area contributed by atoms with Crippen LogP contribution in [-0.4, -0.2) is 51.6 Å². The van der Waals surface area contributed by atoms with Gasteiger partial charge in [0.25, 0.3) is 0 Å². The molecule has 2 aliphatic rings. The van der Waals surface area contributed by atoms with Crippen molar-refractivity contribution in [2.45, 2.75) is 18.6 Å².